The zero-order valence-corrected chi connectivity index (χ0v) is 5.19. The van der Waals surface area contributed by atoms with Crippen molar-refractivity contribution in [1.82, 2.24) is 0 Å². The number of carbonyl (C=O) groups excluding carboxylic acids is 1. The van der Waals surface area contributed by atoms with Gasteiger partial charge in [-0.25, -0.2) is 4.79 Å². The second kappa shape index (κ2) is 3.52. The zero-order chi connectivity index (χ0) is 4.99. The standard InChI is InChI=1S/CH2O3.2Al/c2-1(3)4;;/h(H2,2,3,4);;/q;2*+1/p-2. The second-order valence-electron chi connectivity index (χ2n) is 0.486. The van der Waals surface area contributed by atoms with Crippen LogP contribution in [-0.4, -0.2) is 39.4 Å². The Labute approximate surface area is 52.1 Å². The van der Waals surface area contributed by atoms with Crippen LogP contribution in [0.2, 0.25) is 0 Å². The van der Waals surface area contributed by atoms with Crippen LogP contribution in [0.25, 0.3) is 0 Å². The predicted octanol–water partition coefficient (Wildman–Crippen LogP) is -0.693. The molecule has 0 saturated heterocycles. The lowest BCUT2D eigenvalue weighted by atomic mass is 11.5. The van der Waals surface area contributed by atoms with Crippen LogP contribution in [0.3, 0.4) is 0 Å². The summed E-state index contributed by atoms with van der Waals surface area (Å²) in [5.74, 6) is 0. The molecule has 0 aromatic carbocycles. The molecule has 0 rings (SSSR count). The molecule has 0 fully saturated rings. The van der Waals surface area contributed by atoms with E-state index in [4.69, 9.17) is 0 Å². The lowest BCUT2D eigenvalue weighted by molar-refractivity contribution is 0.160. The average molecular weight is 114 g/mol. The van der Waals surface area contributed by atoms with Crippen LogP contribution < -0.4 is 0 Å². The highest BCUT2D eigenvalue weighted by molar-refractivity contribution is 6.09. The van der Waals surface area contributed by atoms with Gasteiger partial charge in [0.2, 0.25) is 0 Å². The van der Waals surface area contributed by atoms with Crippen molar-refractivity contribution in [3.63, 3.8) is 0 Å². The van der Waals surface area contributed by atoms with Crippen molar-refractivity contribution in [1.29, 1.82) is 0 Å². The monoisotopic (exact) mass is 114 g/mol. The number of carbonyl (C=O) groups is 1. The first-order valence-corrected chi connectivity index (χ1v) is 2.03. The highest BCUT2D eigenvalue weighted by Crippen LogP contribution is 1.70. The van der Waals surface area contributed by atoms with E-state index in [9.17, 15) is 4.79 Å². The van der Waals surface area contributed by atoms with Gasteiger partial charge >= 0.3 is 39.4 Å². The molecule has 5 heteroatoms. The third-order valence-electron chi connectivity index (χ3n) is 0.192. The molecule has 0 aliphatic rings. The molecule has 0 N–H and O–H groups in total. The second-order valence-corrected chi connectivity index (χ2v) is 0.957. The van der Waals surface area contributed by atoms with Crippen molar-refractivity contribution in [2.45, 2.75) is 0 Å². The number of rotatable bonds is 0. The van der Waals surface area contributed by atoms with E-state index in [1.165, 1.54) is 0 Å². The normalized spacial score (nSPS) is 6.67. The number of hydrogen-bond acceptors (Lipinski definition) is 3. The molecule has 4 radical (unpaired) electrons. The predicted molar refractivity (Wildman–Crippen MR) is 19.1 cm³/mol. The Morgan fingerprint density at radius 1 is 1.33 bits per heavy atom. The van der Waals surface area contributed by atoms with E-state index >= 15 is 0 Å². The van der Waals surface area contributed by atoms with E-state index in [-0.39, 0.29) is 0 Å². The first-order valence-electron chi connectivity index (χ1n) is 1.08. The van der Waals surface area contributed by atoms with E-state index in [0.717, 1.165) is 0 Å². The Hall–Kier alpha value is 0.335. The van der Waals surface area contributed by atoms with Crippen molar-refractivity contribution in [2.24, 2.45) is 0 Å². The van der Waals surface area contributed by atoms with Gasteiger partial charge < -0.3 is 7.58 Å². The van der Waals surface area contributed by atoms with E-state index in [1.807, 2.05) is 0 Å². The average Bonchev–Trinajstić information content (AvgIpc) is 1.65. The van der Waals surface area contributed by atoms with Gasteiger partial charge in [0.15, 0.2) is 0 Å². The third-order valence-corrected chi connectivity index (χ3v) is 0.577. The molecule has 0 amide bonds. The number of hydrogen-bond donors (Lipinski definition) is 0. The summed E-state index contributed by atoms with van der Waals surface area (Å²) in [7, 11) is 0. The Morgan fingerprint density at radius 3 is 1.67 bits per heavy atom. The largest absolute Gasteiger partial charge is 0.601 e. The van der Waals surface area contributed by atoms with Crippen LogP contribution in [0.15, 0.2) is 0 Å². The van der Waals surface area contributed by atoms with Gasteiger partial charge in [0, 0.05) is 0 Å². The molecule has 3 nitrogen and oxygen atoms in total. The minimum absolute atomic E-state index is 0.731. The smallest absolute Gasteiger partial charge is 0.490 e. The van der Waals surface area contributed by atoms with Crippen LogP contribution >= 0.6 is 0 Å². The van der Waals surface area contributed by atoms with Gasteiger partial charge in [-0.1, -0.05) is 0 Å². The Bertz CT molecular complexity index is 46.8. The first-order chi connectivity index (χ1) is 2.81. The van der Waals surface area contributed by atoms with Crippen LogP contribution in [0.1, 0.15) is 0 Å². The van der Waals surface area contributed by atoms with Gasteiger partial charge in [-0.05, 0) is 0 Å². The molecule has 0 spiro atoms. The summed E-state index contributed by atoms with van der Waals surface area (Å²) in [6, 6.07) is 0. The molecule has 0 atom stereocenters. The molecule has 0 bridgehead atoms. The van der Waals surface area contributed by atoms with E-state index in [2.05, 4.69) is 7.58 Å². The SMILES string of the molecule is O=C([O][Al])[O][Al]. The molecule has 0 aromatic rings. The van der Waals surface area contributed by atoms with Gasteiger partial charge in [0.25, 0.3) is 0 Å². The maximum Gasteiger partial charge on any atom is 0.490 e. The molecule has 0 aliphatic carbocycles. The summed E-state index contributed by atoms with van der Waals surface area (Å²) in [4.78, 5) is 9.69. The van der Waals surface area contributed by atoms with Gasteiger partial charge in [0.1, 0.15) is 0 Å². The third kappa shape index (κ3) is 2.57. The Morgan fingerprint density at radius 2 is 1.67 bits per heavy atom. The van der Waals surface area contributed by atoms with Crippen LogP contribution in [0.5, 0.6) is 0 Å². The van der Waals surface area contributed by atoms with Crippen molar-refractivity contribution in [2.75, 3.05) is 0 Å². The molecule has 0 saturated carbocycles. The maximum absolute atomic E-state index is 9.69. The molecule has 0 heterocycles. The summed E-state index contributed by atoms with van der Waals surface area (Å²) >= 11 is 3.50. The van der Waals surface area contributed by atoms with Gasteiger partial charge in [-0.2, -0.15) is 0 Å². The topological polar surface area (TPSA) is 35.5 Å². The highest BCUT2D eigenvalue weighted by Gasteiger charge is 1.85. The quantitative estimate of drug-likeness (QED) is 0.391. The van der Waals surface area contributed by atoms with Crippen LogP contribution in [0, 0.1) is 0 Å². The van der Waals surface area contributed by atoms with Gasteiger partial charge in [-0.3, -0.25) is 0 Å². The summed E-state index contributed by atoms with van der Waals surface area (Å²) in [6.45, 7) is 0. The van der Waals surface area contributed by atoms with Crippen LogP contribution in [0.4, 0.5) is 4.79 Å². The highest BCUT2D eigenvalue weighted by atomic mass is 27.1. The summed E-state index contributed by atoms with van der Waals surface area (Å²) in [5.41, 5.74) is 0. The van der Waals surface area contributed by atoms with Crippen molar-refractivity contribution < 1.29 is 12.4 Å². The molecule has 0 aliphatic heterocycles. The van der Waals surface area contributed by atoms with E-state index in [1.54, 1.807) is 33.2 Å². The fourth-order valence-electron chi connectivity index (χ4n) is 0.0278. The molecular weight excluding hydrogens is 114 g/mol. The first kappa shape index (κ1) is 6.33. The lowest BCUT2D eigenvalue weighted by Gasteiger charge is -1.96. The summed E-state index contributed by atoms with van der Waals surface area (Å²) < 4.78 is 7.87. The Kier molecular flexibility index (Phi) is 3.72. The van der Waals surface area contributed by atoms with Crippen LogP contribution in [-0.2, 0) is 7.58 Å². The lowest BCUT2D eigenvalue weighted by Crippen LogP contribution is -2.00. The molecular formula is CAl2O3. The van der Waals surface area contributed by atoms with Gasteiger partial charge in [0.05, 0.1) is 0 Å². The summed E-state index contributed by atoms with van der Waals surface area (Å²) in [6.07, 6.45) is -0.731. The molecule has 0 aromatic heterocycles. The molecule has 0 unspecified atom stereocenters. The fourth-order valence-corrected chi connectivity index (χ4v) is 0.250. The van der Waals surface area contributed by atoms with E-state index in [0.29, 0.717) is 0 Å². The van der Waals surface area contributed by atoms with E-state index < -0.39 is 6.16 Å². The van der Waals surface area contributed by atoms with Crippen molar-refractivity contribution in [3.8, 4) is 0 Å². The summed E-state index contributed by atoms with van der Waals surface area (Å²) in [5, 5.41) is 0. The minimum atomic E-state index is -0.731. The molecule has 28 valence electrons. The maximum atomic E-state index is 9.69. The van der Waals surface area contributed by atoms with Gasteiger partial charge in [-0.15, -0.1) is 0 Å². The van der Waals surface area contributed by atoms with Crippen molar-refractivity contribution in [3.05, 3.63) is 0 Å². The fraction of sp³-hybridized carbons (Fsp3) is 0. The Balaban J connectivity index is 2.99. The van der Waals surface area contributed by atoms with Crippen molar-refractivity contribution >= 4 is 39.4 Å². The minimum Gasteiger partial charge on any atom is -0.601 e. The molecule has 6 heavy (non-hydrogen) atoms. The zero-order valence-electron chi connectivity index (χ0n) is 2.88.